The molecule has 6 nitrogen and oxygen atoms in total. The van der Waals surface area contributed by atoms with Crippen LogP contribution in [-0.4, -0.2) is 38.4 Å². The Balaban J connectivity index is 1.43. The smallest absolute Gasteiger partial charge is 0.291 e. The van der Waals surface area contributed by atoms with Gasteiger partial charge in [0.05, 0.1) is 12.0 Å². The van der Waals surface area contributed by atoms with E-state index in [1.54, 1.807) is 6.20 Å². The van der Waals surface area contributed by atoms with Crippen LogP contribution in [0.15, 0.2) is 29.5 Å². The van der Waals surface area contributed by atoms with Crippen molar-refractivity contribution in [2.45, 2.75) is 37.6 Å². The van der Waals surface area contributed by atoms with Gasteiger partial charge in [0.15, 0.2) is 6.39 Å². The number of rotatable bonds is 3. The molecule has 0 bridgehead atoms. The van der Waals surface area contributed by atoms with Crippen LogP contribution in [0.5, 0.6) is 0 Å². The van der Waals surface area contributed by atoms with Crippen molar-refractivity contribution in [1.29, 1.82) is 0 Å². The molecule has 4 rings (SSSR count). The van der Waals surface area contributed by atoms with Gasteiger partial charge in [-0.1, -0.05) is 0 Å². The van der Waals surface area contributed by atoms with E-state index in [0.29, 0.717) is 17.7 Å². The lowest BCUT2D eigenvalue weighted by Crippen LogP contribution is -2.39. The highest BCUT2D eigenvalue weighted by molar-refractivity contribution is 5.92. The number of carbonyl (C=O) groups excluding carboxylic acids is 1. The van der Waals surface area contributed by atoms with Crippen LogP contribution in [0.3, 0.4) is 0 Å². The summed E-state index contributed by atoms with van der Waals surface area (Å²) in [4.78, 5) is 22.8. The molecule has 0 N–H and O–H groups in total. The van der Waals surface area contributed by atoms with Crippen molar-refractivity contribution in [2.24, 2.45) is 0 Å². The molecular weight excluding hydrogens is 268 g/mol. The van der Waals surface area contributed by atoms with E-state index < -0.39 is 0 Å². The number of nitrogens with zero attached hydrogens (tertiary/aromatic N) is 4. The Kier molecular flexibility index (Phi) is 3.02. The van der Waals surface area contributed by atoms with Gasteiger partial charge >= 0.3 is 0 Å². The van der Waals surface area contributed by atoms with Crippen LogP contribution in [0.2, 0.25) is 0 Å². The van der Waals surface area contributed by atoms with Gasteiger partial charge in [-0.3, -0.25) is 4.79 Å². The minimum absolute atomic E-state index is 0.00141. The molecule has 6 heteroatoms. The number of hydrogen-bond acceptors (Lipinski definition) is 4. The molecule has 2 aromatic rings. The van der Waals surface area contributed by atoms with E-state index in [9.17, 15) is 4.79 Å². The van der Waals surface area contributed by atoms with E-state index in [2.05, 4.69) is 14.5 Å². The number of aromatic nitrogens is 3. The first kappa shape index (κ1) is 12.6. The highest BCUT2D eigenvalue weighted by Crippen LogP contribution is 2.41. The Morgan fingerprint density at radius 1 is 1.24 bits per heavy atom. The lowest BCUT2D eigenvalue weighted by atomic mass is 10.0. The highest BCUT2D eigenvalue weighted by atomic mass is 16.3. The maximum absolute atomic E-state index is 12.6. The molecule has 0 aromatic carbocycles. The number of carbonyl (C=O) groups is 1. The van der Waals surface area contributed by atoms with Crippen LogP contribution in [0.25, 0.3) is 0 Å². The molecule has 110 valence electrons. The molecule has 0 unspecified atom stereocenters. The molecule has 0 atom stereocenters. The molecule has 0 spiro atoms. The lowest BCUT2D eigenvalue weighted by Gasteiger charge is -2.32. The number of piperidine rings is 1. The standard InChI is InChI=1S/C15H18N4O2/c20-15(14-13(11-1-2-11)17-10-21-14)18-6-3-12(4-7-18)19-8-5-16-9-19/h5,8-12H,1-4,6-7H2. The molecular formula is C15H18N4O2. The molecule has 1 aliphatic carbocycles. The Hall–Kier alpha value is -2.11. The third kappa shape index (κ3) is 2.34. The largest absolute Gasteiger partial charge is 0.438 e. The Morgan fingerprint density at radius 2 is 2.05 bits per heavy atom. The van der Waals surface area contributed by atoms with Gasteiger partial charge in [-0.05, 0) is 25.7 Å². The Bertz CT molecular complexity index is 622. The average Bonchev–Trinajstić information content (AvgIpc) is 3.05. The summed E-state index contributed by atoms with van der Waals surface area (Å²) in [5.74, 6) is 0.892. The SMILES string of the molecule is O=C(c1ocnc1C1CC1)N1CCC(n2ccnc2)CC1. The van der Waals surface area contributed by atoms with Crippen molar-refractivity contribution in [3.05, 3.63) is 36.6 Å². The van der Waals surface area contributed by atoms with Crippen molar-refractivity contribution >= 4 is 5.91 Å². The van der Waals surface area contributed by atoms with Gasteiger partial charge in [0.25, 0.3) is 5.91 Å². The van der Waals surface area contributed by atoms with Crippen LogP contribution in [0.4, 0.5) is 0 Å². The van der Waals surface area contributed by atoms with E-state index in [1.165, 1.54) is 6.39 Å². The summed E-state index contributed by atoms with van der Waals surface area (Å²) in [6, 6.07) is 0.439. The van der Waals surface area contributed by atoms with Gasteiger partial charge in [0.1, 0.15) is 0 Å². The number of imidazole rings is 1. The zero-order valence-electron chi connectivity index (χ0n) is 11.8. The first-order valence-electron chi connectivity index (χ1n) is 7.53. The number of oxazole rings is 1. The fourth-order valence-corrected chi connectivity index (χ4v) is 3.06. The molecule has 0 radical (unpaired) electrons. The summed E-state index contributed by atoms with van der Waals surface area (Å²) >= 11 is 0. The van der Waals surface area contributed by atoms with Crippen molar-refractivity contribution in [3.8, 4) is 0 Å². The summed E-state index contributed by atoms with van der Waals surface area (Å²) < 4.78 is 7.49. The number of likely N-dealkylation sites (tertiary alicyclic amines) is 1. The van der Waals surface area contributed by atoms with E-state index in [-0.39, 0.29) is 5.91 Å². The van der Waals surface area contributed by atoms with Crippen molar-refractivity contribution in [2.75, 3.05) is 13.1 Å². The molecule has 1 saturated carbocycles. The summed E-state index contributed by atoms with van der Waals surface area (Å²) in [7, 11) is 0. The quantitative estimate of drug-likeness (QED) is 0.868. The second-order valence-electron chi connectivity index (χ2n) is 5.87. The van der Waals surface area contributed by atoms with Crippen LogP contribution >= 0.6 is 0 Å². The van der Waals surface area contributed by atoms with E-state index >= 15 is 0 Å². The predicted molar refractivity (Wildman–Crippen MR) is 74.9 cm³/mol. The minimum atomic E-state index is -0.00141. The van der Waals surface area contributed by atoms with Crippen molar-refractivity contribution < 1.29 is 9.21 Å². The summed E-state index contributed by atoms with van der Waals surface area (Å²) in [6.45, 7) is 1.51. The first-order valence-corrected chi connectivity index (χ1v) is 7.53. The average molecular weight is 286 g/mol. The van der Waals surface area contributed by atoms with E-state index in [4.69, 9.17) is 4.42 Å². The molecule has 2 fully saturated rings. The van der Waals surface area contributed by atoms with E-state index in [0.717, 1.165) is 44.5 Å². The third-order valence-electron chi connectivity index (χ3n) is 4.45. The van der Waals surface area contributed by atoms with Crippen LogP contribution in [0.1, 0.15) is 53.9 Å². The zero-order valence-corrected chi connectivity index (χ0v) is 11.8. The van der Waals surface area contributed by atoms with Crippen molar-refractivity contribution in [1.82, 2.24) is 19.4 Å². The van der Waals surface area contributed by atoms with Gasteiger partial charge in [0, 0.05) is 37.4 Å². The Morgan fingerprint density at radius 3 is 2.71 bits per heavy atom. The van der Waals surface area contributed by atoms with Crippen molar-refractivity contribution in [3.63, 3.8) is 0 Å². The zero-order chi connectivity index (χ0) is 14.2. The normalized spacial score (nSPS) is 19.9. The summed E-state index contributed by atoms with van der Waals surface area (Å²) in [5.41, 5.74) is 0.858. The topological polar surface area (TPSA) is 64.2 Å². The number of hydrogen-bond donors (Lipinski definition) is 0. The summed E-state index contributed by atoms with van der Waals surface area (Å²) in [5, 5.41) is 0. The molecule has 1 saturated heterocycles. The molecule has 2 aliphatic rings. The maximum Gasteiger partial charge on any atom is 0.291 e. The van der Waals surface area contributed by atoms with Gasteiger partial charge in [-0.2, -0.15) is 0 Å². The second-order valence-corrected chi connectivity index (χ2v) is 5.87. The van der Waals surface area contributed by atoms with Gasteiger partial charge in [0.2, 0.25) is 5.76 Å². The highest BCUT2D eigenvalue weighted by Gasteiger charge is 2.34. The van der Waals surface area contributed by atoms with Crippen LogP contribution in [0, 0.1) is 0 Å². The minimum Gasteiger partial charge on any atom is -0.438 e. The molecule has 2 aromatic heterocycles. The third-order valence-corrected chi connectivity index (χ3v) is 4.45. The lowest BCUT2D eigenvalue weighted by molar-refractivity contribution is 0.0661. The van der Waals surface area contributed by atoms with E-state index in [1.807, 2.05) is 17.4 Å². The fourth-order valence-electron chi connectivity index (χ4n) is 3.06. The maximum atomic E-state index is 12.6. The molecule has 1 aliphatic heterocycles. The second kappa shape index (κ2) is 5.02. The Labute approximate surface area is 122 Å². The molecule has 1 amide bonds. The summed E-state index contributed by atoms with van der Waals surface area (Å²) in [6.07, 6.45) is 11.2. The molecule has 21 heavy (non-hydrogen) atoms. The van der Waals surface area contributed by atoms with Gasteiger partial charge in [-0.25, -0.2) is 9.97 Å². The molecule has 3 heterocycles. The van der Waals surface area contributed by atoms with Gasteiger partial charge in [-0.15, -0.1) is 0 Å². The fraction of sp³-hybridized carbons (Fsp3) is 0.533. The predicted octanol–water partition coefficient (Wildman–Crippen LogP) is 2.23. The van der Waals surface area contributed by atoms with Gasteiger partial charge < -0.3 is 13.9 Å². The first-order chi connectivity index (χ1) is 10.3. The number of amides is 1. The van der Waals surface area contributed by atoms with Crippen LogP contribution in [-0.2, 0) is 0 Å². The monoisotopic (exact) mass is 286 g/mol. The van der Waals surface area contributed by atoms with Crippen LogP contribution < -0.4 is 0 Å².